The molecule has 0 aliphatic heterocycles. The second-order valence-electron chi connectivity index (χ2n) is 8.38. The van der Waals surface area contributed by atoms with Gasteiger partial charge in [-0.2, -0.15) is 0 Å². The number of hydrogen-bond donors (Lipinski definition) is 2. The Bertz CT molecular complexity index is 1040. The summed E-state index contributed by atoms with van der Waals surface area (Å²) >= 11 is 1.71. The first-order chi connectivity index (χ1) is 14.7. The molecule has 1 atom stereocenters. The van der Waals surface area contributed by atoms with E-state index in [1.54, 1.807) is 11.3 Å². The van der Waals surface area contributed by atoms with Crippen LogP contribution < -0.4 is 4.74 Å². The van der Waals surface area contributed by atoms with Crippen LogP contribution in [0.5, 0.6) is 5.75 Å². The molecule has 0 aliphatic rings. The fourth-order valence-corrected chi connectivity index (χ4v) is 4.82. The SMILES string of the molecule is CCc1cc(-c2nnc(-c3sc(C)c(CC(C)C)c3C)o2)cc(C)c1OC[C@H](O)CO. The van der Waals surface area contributed by atoms with Crippen molar-refractivity contribution in [1.82, 2.24) is 10.2 Å². The number of aryl methyl sites for hydroxylation is 3. The average Bonchev–Trinajstić information content (AvgIpc) is 3.32. The molecule has 6 nitrogen and oxygen atoms in total. The Morgan fingerprint density at radius 2 is 1.84 bits per heavy atom. The fraction of sp³-hybridized carbons (Fsp3) is 0.500. The summed E-state index contributed by atoms with van der Waals surface area (Å²) < 4.78 is 11.9. The van der Waals surface area contributed by atoms with Gasteiger partial charge in [-0.05, 0) is 73.9 Å². The van der Waals surface area contributed by atoms with E-state index in [-0.39, 0.29) is 13.2 Å². The first-order valence-corrected chi connectivity index (χ1v) is 11.5. The molecular formula is C24H32N2O4S. The molecular weight excluding hydrogens is 412 g/mol. The molecule has 7 heteroatoms. The van der Waals surface area contributed by atoms with Gasteiger partial charge >= 0.3 is 0 Å². The van der Waals surface area contributed by atoms with Crippen LogP contribution in [-0.2, 0) is 12.8 Å². The normalized spacial score (nSPS) is 12.5. The predicted octanol–water partition coefficient (Wildman–Crippen LogP) is 4.88. The molecule has 0 unspecified atom stereocenters. The van der Waals surface area contributed by atoms with Crippen molar-refractivity contribution in [3.8, 4) is 28.0 Å². The zero-order chi connectivity index (χ0) is 22.7. The highest BCUT2D eigenvalue weighted by Gasteiger charge is 2.20. The minimum atomic E-state index is -0.902. The molecule has 168 valence electrons. The van der Waals surface area contributed by atoms with Gasteiger partial charge in [-0.25, -0.2) is 0 Å². The standard InChI is InChI=1S/C24H32N2O4S/c1-7-17-10-18(9-14(4)21(17)29-12-19(28)11-27)23-25-26-24(30-23)22-15(5)20(8-13(2)3)16(6)31-22/h9-10,13,19,27-28H,7-8,11-12H2,1-6H3/t19-/m1/s1. The maximum atomic E-state index is 9.60. The first-order valence-electron chi connectivity index (χ1n) is 10.7. The van der Waals surface area contributed by atoms with E-state index in [2.05, 4.69) is 37.9 Å². The summed E-state index contributed by atoms with van der Waals surface area (Å²) in [5, 5.41) is 27.3. The van der Waals surface area contributed by atoms with Crippen molar-refractivity contribution in [2.75, 3.05) is 13.2 Å². The topological polar surface area (TPSA) is 88.6 Å². The third-order valence-corrected chi connectivity index (χ3v) is 6.55. The highest BCUT2D eigenvalue weighted by molar-refractivity contribution is 7.15. The minimum absolute atomic E-state index is 0.0457. The van der Waals surface area contributed by atoms with Crippen molar-refractivity contribution in [1.29, 1.82) is 0 Å². The van der Waals surface area contributed by atoms with Crippen LogP contribution in [0.15, 0.2) is 16.5 Å². The van der Waals surface area contributed by atoms with E-state index >= 15 is 0 Å². The van der Waals surface area contributed by atoms with E-state index in [0.29, 0.717) is 17.7 Å². The summed E-state index contributed by atoms with van der Waals surface area (Å²) in [6, 6.07) is 3.94. The summed E-state index contributed by atoms with van der Waals surface area (Å²) in [5.41, 5.74) is 5.36. The summed E-state index contributed by atoms with van der Waals surface area (Å²) in [5.74, 6) is 2.35. The van der Waals surface area contributed by atoms with Crippen LogP contribution >= 0.6 is 11.3 Å². The number of nitrogens with zero attached hydrogens (tertiary/aromatic N) is 2. The Hall–Kier alpha value is -2.22. The Balaban J connectivity index is 1.92. The molecule has 0 aliphatic carbocycles. The molecule has 0 amide bonds. The maximum absolute atomic E-state index is 9.60. The summed E-state index contributed by atoms with van der Waals surface area (Å²) in [6.07, 6.45) is 0.892. The van der Waals surface area contributed by atoms with Crippen molar-refractivity contribution < 1.29 is 19.4 Å². The Kier molecular flexibility index (Phi) is 7.51. The van der Waals surface area contributed by atoms with Gasteiger partial charge in [0.25, 0.3) is 5.89 Å². The second kappa shape index (κ2) is 9.94. The number of aliphatic hydroxyl groups is 2. The first kappa shape index (κ1) is 23.4. The molecule has 0 bridgehead atoms. The number of aliphatic hydroxyl groups excluding tert-OH is 2. The molecule has 0 saturated carbocycles. The largest absolute Gasteiger partial charge is 0.490 e. The molecule has 0 radical (unpaired) electrons. The summed E-state index contributed by atoms with van der Waals surface area (Å²) in [4.78, 5) is 2.34. The highest BCUT2D eigenvalue weighted by atomic mass is 32.1. The van der Waals surface area contributed by atoms with Crippen LogP contribution in [0.3, 0.4) is 0 Å². The highest BCUT2D eigenvalue weighted by Crippen LogP contribution is 2.38. The van der Waals surface area contributed by atoms with Gasteiger partial charge in [0, 0.05) is 10.4 Å². The molecule has 0 fully saturated rings. The molecule has 1 aromatic carbocycles. The number of aromatic nitrogens is 2. The van der Waals surface area contributed by atoms with Crippen LogP contribution in [-0.4, -0.2) is 39.7 Å². The van der Waals surface area contributed by atoms with Crippen LogP contribution in [0.1, 0.15) is 47.9 Å². The lowest BCUT2D eigenvalue weighted by Gasteiger charge is -2.16. The van der Waals surface area contributed by atoms with Gasteiger partial charge in [0.1, 0.15) is 18.5 Å². The molecule has 0 spiro atoms. The third kappa shape index (κ3) is 5.17. The van der Waals surface area contributed by atoms with E-state index in [9.17, 15) is 5.11 Å². The van der Waals surface area contributed by atoms with E-state index in [1.807, 2.05) is 26.0 Å². The number of rotatable bonds is 9. The minimum Gasteiger partial charge on any atom is -0.490 e. The lowest BCUT2D eigenvalue weighted by Crippen LogP contribution is -2.22. The monoisotopic (exact) mass is 444 g/mol. The number of hydrogen-bond acceptors (Lipinski definition) is 7. The Morgan fingerprint density at radius 1 is 1.13 bits per heavy atom. The lowest BCUT2D eigenvalue weighted by atomic mass is 9.99. The maximum Gasteiger partial charge on any atom is 0.258 e. The van der Waals surface area contributed by atoms with Crippen LogP contribution in [0, 0.1) is 26.7 Å². The zero-order valence-corrected chi connectivity index (χ0v) is 20.0. The van der Waals surface area contributed by atoms with Crippen molar-refractivity contribution in [3.63, 3.8) is 0 Å². The third-order valence-electron chi connectivity index (χ3n) is 5.32. The van der Waals surface area contributed by atoms with Crippen LogP contribution in [0.2, 0.25) is 0 Å². The summed E-state index contributed by atoms with van der Waals surface area (Å²) in [7, 11) is 0. The van der Waals surface area contributed by atoms with Crippen molar-refractivity contribution in [2.45, 2.75) is 60.5 Å². The molecule has 2 aromatic heterocycles. The van der Waals surface area contributed by atoms with E-state index in [4.69, 9.17) is 14.3 Å². The Labute approximate surface area is 187 Å². The van der Waals surface area contributed by atoms with Crippen LogP contribution in [0.4, 0.5) is 0 Å². The van der Waals surface area contributed by atoms with Gasteiger partial charge in [-0.3, -0.25) is 0 Å². The smallest absolute Gasteiger partial charge is 0.258 e. The van der Waals surface area contributed by atoms with Gasteiger partial charge in [0.2, 0.25) is 5.89 Å². The average molecular weight is 445 g/mol. The van der Waals surface area contributed by atoms with Crippen molar-refractivity contribution >= 4 is 11.3 Å². The van der Waals surface area contributed by atoms with Crippen molar-refractivity contribution in [3.05, 3.63) is 39.3 Å². The molecule has 0 saturated heterocycles. The predicted molar refractivity (Wildman–Crippen MR) is 124 cm³/mol. The van der Waals surface area contributed by atoms with E-state index in [0.717, 1.165) is 40.2 Å². The number of thiophene rings is 1. The van der Waals surface area contributed by atoms with Gasteiger partial charge in [-0.15, -0.1) is 21.5 Å². The second-order valence-corrected chi connectivity index (χ2v) is 9.61. The Morgan fingerprint density at radius 3 is 2.48 bits per heavy atom. The molecule has 2 N–H and O–H groups in total. The quantitative estimate of drug-likeness (QED) is 0.489. The van der Waals surface area contributed by atoms with Crippen LogP contribution in [0.25, 0.3) is 22.2 Å². The van der Waals surface area contributed by atoms with Gasteiger partial charge in [0.05, 0.1) is 11.5 Å². The van der Waals surface area contributed by atoms with Gasteiger partial charge in [-0.1, -0.05) is 20.8 Å². The van der Waals surface area contributed by atoms with E-state index in [1.165, 1.54) is 16.0 Å². The van der Waals surface area contributed by atoms with E-state index < -0.39 is 6.10 Å². The lowest BCUT2D eigenvalue weighted by molar-refractivity contribution is 0.0531. The van der Waals surface area contributed by atoms with Crippen molar-refractivity contribution in [2.24, 2.45) is 5.92 Å². The number of benzene rings is 1. The molecule has 2 heterocycles. The fourth-order valence-electron chi connectivity index (χ4n) is 3.70. The number of ether oxygens (including phenoxy) is 1. The van der Waals surface area contributed by atoms with Gasteiger partial charge < -0.3 is 19.4 Å². The molecule has 31 heavy (non-hydrogen) atoms. The summed E-state index contributed by atoms with van der Waals surface area (Å²) in [6.45, 7) is 12.5. The zero-order valence-electron chi connectivity index (χ0n) is 19.2. The molecule has 3 rings (SSSR count). The molecule has 3 aromatic rings. The van der Waals surface area contributed by atoms with Gasteiger partial charge in [0.15, 0.2) is 0 Å².